The van der Waals surface area contributed by atoms with E-state index in [1.54, 1.807) is 37.4 Å². The number of thiazole rings is 1. The van der Waals surface area contributed by atoms with Crippen molar-refractivity contribution in [2.45, 2.75) is 19.3 Å². The number of halogens is 1. The van der Waals surface area contributed by atoms with E-state index in [0.717, 1.165) is 10.2 Å². The number of carbonyl (C=O) groups is 1. The van der Waals surface area contributed by atoms with Crippen molar-refractivity contribution >= 4 is 44.1 Å². The maximum Gasteiger partial charge on any atom is 0.315 e. The van der Waals surface area contributed by atoms with Crippen LogP contribution in [0.4, 0.5) is 10.8 Å². The fourth-order valence-corrected chi connectivity index (χ4v) is 2.90. The molecule has 108 valence electrons. The Morgan fingerprint density at radius 2 is 2.24 bits per heavy atom. The van der Waals surface area contributed by atoms with E-state index in [1.165, 1.54) is 11.3 Å². The van der Waals surface area contributed by atoms with Crippen molar-refractivity contribution in [1.82, 2.24) is 4.98 Å². The molecule has 0 saturated heterocycles. The van der Waals surface area contributed by atoms with Crippen LogP contribution in [0.15, 0.2) is 28.1 Å². The summed E-state index contributed by atoms with van der Waals surface area (Å²) < 4.78 is 0.746. The van der Waals surface area contributed by atoms with Gasteiger partial charge in [-0.2, -0.15) is 5.26 Å². The largest absolute Gasteiger partial charge is 0.481 e. The summed E-state index contributed by atoms with van der Waals surface area (Å²) in [5, 5.41) is 23.5. The monoisotopic (exact) mass is 365 g/mol. The lowest BCUT2D eigenvalue weighted by atomic mass is 9.90. The summed E-state index contributed by atoms with van der Waals surface area (Å²) in [6, 6.07) is 7.23. The van der Waals surface area contributed by atoms with E-state index in [0.29, 0.717) is 16.4 Å². The second-order valence-corrected chi connectivity index (χ2v) is 6.61. The zero-order chi connectivity index (χ0) is 15.6. The first-order valence-electron chi connectivity index (χ1n) is 6.00. The standard InChI is InChI=1S/C14H12BrN3O2S/c1-14(2,12(19)20)11-7-21-13(18-11)17-10-4-3-8(6-16)5-9(10)15/h3-5,7H,1-2H3,(H,17,18)(H,19,20). The normalized spacial score (nSPS) is 11.0. The topological polar surface area (TPSA) is 86.0 Å². The van der Waals surface area contributed by atoms with Crippen LogP contribution in [0.1, 0.15) is 25.1 Å². The number of hydrogen-bond donors (Lipinski definition) is 2. The molecule has 2 aromatic rings. The van der Waals surface area contributed by atoms with Gasteiger partial charge in [-0.1, -0.05) is 0 Å². The van der Waals surface area contributed by atoms with Crippen molar-refractivity contribution in [3.05, 3.63) is 39.3 Å². The molecule has 2 N–H and O–H groups in total. The molecule has 0 atom stereocenters. The molecule has 21 heavy (non-hydrogen) atoms. The smallest absolute Gasteiger partial charge is 0.315 e. The number of aromatic nitrogens is 1. The van der Waals surface area contributed by atoms with Crippen LogP contribution in [-0.2, 0) is 10.2 Å². The molecule has 1 aromatic heterocycles. The Hall–Kier alpha value is -1.91. The quantitative estimate of drug-likeness (QED) is 0.858. The van der Waals surface area contributed by atoms with Crippen LogP contribution in [0.25, 0.3) is 0 Å². The average Bonchev–Trinajstić information content (AvgIpc) is 2.90. The van der Waals surface area contributed by atoms with Crippen LogP contribution in [-0.4, -0.2) is 16.1 Å². The second-order valence-electron chi connectivity index (χ2n) is 4.90. The predicted molar refractivity (Wildman–Crippen MR) is 84.9 cm³/mol. The molecule has 7 heteroatoms. The number of carboxylic acid groups (broad SMARTS) is 1. The van der Waals surface area contributed by atoms with E-state index in [2.05, 4.69) is 32.3 Å². The van der Waals surface area contributed by atoms with Gasteiger partial charge in [0.25, 0.3) is 0 Å². The molecule has 5 nitrogen and oxygen atoms in total. The Bertz CT molecular complexity index is 734. The molecular weight excluding hydrogens is 354 g/mol. The Morgan fingerprint density at radius 1 is 1.52 bits per heavy atom. The minimum atomic E-state index is -1.03. The first kappa shape index (κ1) is 15.5. The van der Waals surface area contributed by atoms with Crippen molar-refractivity contribution in [3.8, 4) is 6.07 Å². The van der Waals surface area contributed by atoms with Crippen molar-refractivity contribution in [2.24, 2.45) is 0 Å². The number of nitrogens with one attached hydrogen (secondary N) is 1. The van der Waals surface area contributed by atoms with Gasteiger partial charge in [0.05, 0.1) is 23.0 Å². The highest BCUT2D eigenvalue weighted by Gasteiger charge is 2.32. The molecule has 0 aliphatic rings. The fraction of sp³-hybridized carbons (Fsp3) is 0.214. The van der Waals surface area contributed by atoms with Gasteiger partial charge >= 0.3 is 5.97 Å². The van der Waals surface area contributed by atoms with Crippen LogP contribution in [0.5, 0.6) is 0 Å². The molecule has 0 amide bonds. The van der Waals surface area contributed by atoms with Gasteiger partial charge in [-0.3, -0.25) is 4.79 Å². The van der Waals surface area contributed by atoms with Gasteiger partial charge in [0.15, 0.2) is 5.13 Å². The van der Waals surface area contributed by atoms with Crippen LogP contribution in [0, 0.1) is 11.3 Å². The van der Waals surface area contributed by atoms with Crippen molar-refractivity contribution in [3.63, 3.8) is 0 Å². The minimum absolute atomic E-state index is 0.507. The predicted octanol–water partition coefficient (Wildman–Crippen LogP) is 3.88. The summed E-state index contributed by atoms with van der Waals surface area (Å²) in [4.78, 5) is 15.5. The van der Waals surface area contributed by atoms with Gasteiger partial charge in [-0.15, -0.1) is 11.3 Å². The van der Waals surface area contributed by atoms with E-state index in [4.69, 9.17) is 5.26 Å². The lowest BCUT2D eigenvalue weighted by molar-refractivity contribution is -0.142. The van der Waals surface area contributed by atoms with Crippen LogP contribution >= 0.6 is 27.3 Å². The average molecular weight is 366 g/mol. The third-order valence-corrected chi connectivity index (χ3v) is 4.43. The van der Waals surface area contributed by atoms with E-state index in [-0.39, 0.29) is 0 Å². The number of aliphatic carboxylic acids is 1. The number of carboxylic acids is 1. The molecule has 2 rings (SSSR count). The van der Waals surface area contributed by atoms with Gasteiger partial charge < -0.3 is 10.4 Å². The molecule has 0 fully saturated rings. The Balaban J connectivity index is 2.24. The first-order valence-corrected chi connectivity index (χ1v) is 7.68. The summed E-state index contributed by atoms with van der Waals surface area (Å²) in [5.41, 5.74) is 0.799. The second kappa shape index (κ2) is 5.84. The first-order chi connectivity index (χ1) is 9.84. The van der Waals surface area contributed by atoms with Gasteiger partial charge in [-0.25, -0.2) is 4.98 Å². The Kier molecular flexibility index (Phi) is 4.30. The van der Waals surface area contributed by atoms with E-state index < -0.39 is 11.4 Å². The molecule has 0 unspecified atom stereocenters. The molecule has 0 radical (unpaired) electrons. The molecule has 0 spiro atoms. The van der Waals surface area contributed by atoms with E-state index in [1.807, 2.05) is 0 Å². The zero-order valence-electron chi connectivity index (χ0n) is 11.3. The maximum atomic E-state index is 11.2. The minimum Gasteiger partial charge on any atom is -0.481 e. The third kappa shape index (κ3) is 3.23. The fourth-order valence-electron chi connectivity index (χ4n) is 1.53. The van der Waals surface area contributed by atoms with Gasteiger partial charge in [0.1, 0.15) is 5.41 Å². The van der Waals surface area contributed by atoms with Gasteiger partial charge in [0.2, 0.25) is 0 Å². The van der Waals surface area contributed by atoms with Gasteiger partial charge in [-0.05, 0) is 48.0 Å². The summed E-state index contributed by atoms with van der Waals surface area (Å²) in [6.07, 6.45) is 0. The number of rotatable bonds is 4. The third-order valence-electron chi connectivity index (χ3n) is 3.02. The summed E-state index contributed by atoms with van der Waals surface area (Å²) in [6.45, 7) is 3.23. The van der Waals surface area contributed by atoms with E-state index in [9.17, 15) is 9.90 Å². The number of benzene rings is 1. The molecule has 0 aliphatic heterocycles. The molecule has 1 aromatic carbocycles. The molecule has 0 saturated carbocycles. The zero-order valence-corrected chi connectivity index (χ0v) is 13.7. The highest BCUT2D eigenvalue weighted by Crippen LogP contribution is 2.31. The van der Waals surface area contributed by atoms with Crippen LogP contribution < -0.4 is 5.32 Å². The number of hydrogen-bond acceptors (Lipinski definition) is 5. The lowest BCUT2D eigenvalue weighted by Gasteiger charge is -2.15. The summed E-state index contributed by atoms with van der Waals surface area (Å²) in [7, 11) is 0. The molecular formula is C14H12BrN3O2S. The summed E-state index contributed by atoms with van der Waals surface area (Å²) >= 11 is 4.72. The van der Waals surface area contributed by atoms with Crippen LogP contribution in [0.2, 0.25) is 0 Å². The van der Waals surface area contributed by atoms with E-state index >= 15 is 0 Å². The highest BCUT2D eigenvalue weighted by molar-refractivity contribution is 9.10. The summed E-state index contributed by atoms with van der Waals surface area (Å²) in [5.74, 6) is -0.918. The number of anilines is 2. The van der Waals surface area contributed by atoms with Crippen molar-refractivity contribution < 1.29 is 9.90 Å². The van der Waals surface area contributed by atoms with Crippen LogP contribution in [0.3, 0.4) is 0 Å². The molecule has 1 heterocycles. The lowest BCUT2D eigenvalue weighted by Crippen LogP contribution is -2.28. The molecule has 0 aliphatic carbocycles. The molecule has 0 bridgehead atoms. The number of nitriles is 1. The van der Waals surface area contributed by atoms with Gasteiger partial charge in [0, 0.05) is 9.85 Å². The Labute approximate surface area is 134 Å². The van der Waals surface area contributed by atoms with Crippen molar-refractivity contribution in [2.75, 3.05) is 5.32 Å². The Morgan fingerprint density at radius 3 is 2.81 bits per heavy atom. The maximum absolute atomic E-state index is 11.2. The van der Waals surface area contributed by atoms with Crippen molar-refractivity contribution in [1.29, 1.82) is 5.26 Å². The number of nitrogens with zero attached hydrogens (tertiary/aromatic N) is 2. The SMILES string of the molecule is CC(C)(C(=O)O)c1csc(Nc2ccc(C#N)cc2Br)n1. The highest BCUT2D eigenvalue weighted by atomic mass is 79.9.